The minimum Gasteiger partial charge on any atom is -0.486 e. The number of carbonyl (C=O) groups excluding carboxylic acids is 1. The van der Waals surface area contributed by atoms with Crippen LogP contribution in [0.25, 0.3) is 0 Å². The number of carbonyl (C=O) groups is 1. The molecule has 170 valence electrons. The number of nitriles is 1. The maximum Gasteiger partial charge on any atom is 0.412 e. The van der Waals surface area contributed by atoms with Gasteiger partial charge in [0.05, 0.1) is 5.69 Å². The van der Waals surface area contributed by atoms with Gasteiger partial charge in [0.25, 0.3) is 0 Å². The van der Waals surface area contributed by atoms with Crippen molar-refractivity contribution in [2.45, 2.75) is 72.5 Å². The Bertz CT molecular complexity index is 1020. The highest BCUT2D eigenvalue weighted by molar-refractivity contribution is 6.04. The van der Waals surface area contributed by atoms with E-state index in [-0.39, 0.29) is 6.10 Å². The van der Waals surface area contributed by atoms with E-state index in [9.17, 15) is 4.79 Å². The number of fused-ring (bicyclic) bond motifs is 1. The fraction of sp³-hybridized carbons (Fsp3) is 0.440. The SMILES string of the molecule is CC.CC(=N)c1cc(OC2CCCc3nc(C#N)ccc32)ccc1NC(=O)OC(C)(C)C. The predicted molar refractivity (Wildman–Crippen MR) is 125 cm³/mol. The third-order valence-corrected chi connectivity index (χ3v) is 4.66. The Morgan fingerprint density at radius 1 is 1.25 bits per heavy atom. The van der Waals surface area contributed by atoms with E-state index in [1.54, 1.807) is 52.0 Å². The number of hydrogen-bond donors (Lipinski definition) is 2. The Hall–Kier alpha value is -3.40. The molecule has 0 radical (unpaired) electrons. The highest BCUT2D eigenvalue weighted by atomic mass is 16.6. The first-order valence-electron chi connectivity index (χ1n) is 10.9. The summed E-state index contributed by atoms with van der Waals surface area (Å²) in [6.45, 7) is 11.0. The zero-order chi connectivity index (χ0) is 23.9. The summed E-state index contributed by atoms with van der Waals surface area (Å²) in [4.78, 5) is 16.5. The van der Waals surface area contributed by atoms with Crippen LogP contribution < -0.4 is 10.1 Å². The van der Waals surface area contributed by atoms with Gasteiger partial charge in [-0.1, -0.05) is 19.9 Å². The summed E-state index contributed by atoms with van der Waals surface area (Å²) in [5, 5.41) is 19.9. The van der Waals surface area contributed by atoms with Crippen LogP contribution in [-0.4, -0.2) is 22.4 Å². The number of benzene rings is 1. The minimum atomic E-state index is -0.610. The van der Waals surface area contributed by atoms with E-state index < -0.39 is 11.7 Å². The van der Waals surface area contributed by atoms with Crippen molar-refractivity contribution in [1.29, 1.82) is 10.7 Å². The summed E-state index contributed by atoms with van der Waals surface area (Å²) in [5.74, 6) is 0.605. The molecule has 1 aliphatic carbocycles. The normalized spacial score (nSPS) is 14.7. The number of rotatable bonds is 4. The number of aromatic nitrogens is 1. The second kappa shape index (κ2) is 10.8. The van der Waals surface area contributed by atoms with Crippen LogP contribution in [0.2, 0.25) is 0 Å². The number of aryl methyl sites for hydroxylation is 1. The molecule has 7 nitrogen and oxygen atoms in total. The molecule has 7 heteroatoms. The summed E-state index contributed by atoms with van der Waals surface area (Å²) in [6, 6.07) is 10.9. The molecular formula is C25H32N4O3. The second-order valence-corrected chi connectivity index (χ2v) is 8.30. The maximum absolute atomic E-state index is 12.1. The van der Waals surface area contributed by atoms with Gasteiger partial charge in [-0.15, -0.1) is 0 Å². The number of amides is 1. The Morgan fingerprint density at radius 3 is 2.59 bits per heavy atom. The van der Waals surface area contributed by atoms with Gasteiger partial charge in [-0.05, 0) is 71.2 Å². The number of ether oxygens (including phenoxy) is 2. The first-order chi connectivity index (χ1) is 15.2. The van der Waals surface area contributed by atoms with Gasteiger partial charge >= 0.3 is 6.09 Å². The standard InChI is InChI=1S/C23H26N4O3.C2H6/c1-14(25)18-12-16(9-11-20(18)27-22(28)30-23(2,3)4)29-21-7-5-6-19-17(21)10-8-15(13-24)26-19;1-2/h8-12,21,25H,5-7H2,1-4H3,(H,27,28);1-2H3. The van der Waals surface area contributed by atoms with Crippen molar-refractivity contribution in [3.63, 3.8) is 0 Å². The van der Waals surface area contributed by atoms with E-state index in [1.807, 2.05) is 19.9 Å². The molecule has 0 saturated carbocycles. The quantitative estimate of drug-likeness (QED) is 0.557. The van der Waals surface area contributed by atoms with Crippen LogP contribution in [-0.2, 0) is 11.2 Å². The van der Waals surface area contributed by atoms with Gasteiger partial charge in [0.1, 0.15) is 29.2 Å². The summed E-state index contributed by atoms with van der Waals surface area (Å²) in [5.41, 5.74) is 3.05. The molecule has 32 heavy (non-hydrogen) atoms. The van der Waals surface area contributed by atoms with Gasteiger partial charge in [-0.2, -0.15) is 5.26 Å². The number of nitrogens with zero attached hydrogens (tertiary/aromatic N) is 2. The van der Waals surface area contributed by atoms with Crippen molar-refractivity contribution in [3.05, 3.63) is 52.8 Å². The average molecular weight is 437 g/mol. The van der Waals surface area contributed by atoms with Crippen LogP contribution >= 0.6 is 0 Å². The highest BCUT2D eigenvalue weighted by Crippen LogP contribution is 2.34. The monoisotopic (exact) mass is 436 g/mol. The topological polar surface area (TPSA) is 108 Å². The lowest BCUT2D eigenvalue weighted by Crippen LogP contribution is -2.27. The molecular weight excluding hydrogens is 404 g/mol. The number of nitrogens with one attached hydrogen (secondary N) is 2. The van der Waals surface area contributed by atoms with Crippen molar-refractivity contribution in [3.8, 4) is 11.8 Å². The van der Waals surface area contributed by atoms with E-state index >= 15 is 0 Å². The Balaban J connectivity index is 0.00000176. The molecule has 0 bridgehead atoms. The van der Waals surface area contributed by atoms with Crippen molar-refractivity contribution < 1.29 is 14.3 Å². The van der Waals surface area contributed by atoms with Crippen LogP contribution in [0.1, 0.15) is 83.0 Å². The molecule has 0 saturated heterocycles. The molecule has 3 rings (SSSR count). The number of pyridine rings is 1. The van der Waals surface area contributed by atoms with Gasteiger partial charge in [0.15, 0.2) is 0 Å². The first-order valence-corrected chi connectivity index (χ1v) is 10.9. The lowest BCUT2D eigenvalue weighted by Gasteiger charge is -2.26. The maximum atomic E-state index is 12.1. The molecule has 1 atom stereocenters. The zero-order valence-electron chi connectivity index (χ0n) is 19.7. The lowest BCUT2D eigenvalue weighted by atomic mass is 9.93. The molecule has 1 unspecified atom stereocenters. The zero-order valence-corrected chi connectivity index (χ0v) is 19.7. The average Bonchev–Trinajstić information content (AvgIpc) is 2.74. The van der Waals surface area contributed by atoms with Crippen molar-refractivity contribution in [2.75, 3.05) is 5.32 Å². The molecule has 1 amide bonds. The van der Waals surface area contributed by atoms with Crippen LogP contribution in [0.4, 0.5) is 10.5 Å². The van der Waals surface area contributed by atoms with E-state index in [1.165, 1.54) is 0 Å². The minimum absolute atomic E-state index is 0.169. The van der Waals surface area contributed by atoms with Gasteiger partial charge in [0.2, 0.25) is 0 Å². The third kappa shape index (κ3) is 6.55. The van der Waals surface area contributed by atoms with Gasteiger partial charge < -0.3 is 14.9 Å². The smallest absolute Gasteiger partial charge is 0.412 e. The number of hydrogen-bond acceptors (Lipinski definition) is 6. The largest absolute Gasteiger partial charge is 0.486 e. The Morgan fingerprint density at radius 2 is 1.97 bits per heavy atom. The number of anilines is 1. The summed E-state index contributed by atoms with van der Waals surface area (Å²) < 4.78 is 11.5. The van der Waals surface area contributed by atoms with Gasteiger partial charge in [-0.3, -0.25) is 5.32 Å². The molecule has 2 N–H and O–H groups in total. The van der Waals surface area contributed by atoms with Gasteiger partial charge in [-0.25, -0.2) is 9.78 Å². The van der Waals surface area contributed by atoms with E-state index in [4.69, 9.17) is 20.1 Å². The Kier molecular flexibility index (Phi) is 8.36. The van der Waals surface area contributed by atoms with Crippen LogP contribution in [0.5, 0.6) is 5.75 Å². The molecule has 0 fully saturated rings. The first kappa shape index (κ1) is 24.9. The lowest BCUT2D eigenvalue weighted by molar-refractivity contribution is 0.0636. The molecule has 1 aromatic heterocycles. The summed E-state index contributed by atoms with van der Waals surface area (Å²) in [7, 11) is 0. The van der Waals surface area contributed by atoms with Crippen LogP contribution in [0, 0.1) is 16.7 Å². The van der Waals surface area contributed by atoms with E-state index in [0.29, 0.717) is 28.4 Å². The molecule has 0 spiro atoms. The Labute approximate surface area is 190 Å². The van der Waals surface area contributed by atoms with E-state index in [2.05, 4.69) is 16.4 Å². The molecule has 2 aromatic rings. The van der Waals surface area contributed by atoms with Crippen molar-refractivity contribution in [2.24, 2.45) is 0 Å². The fourth-order valence-corrected chi connectivity index (χ4v) is 3.39. The van der Waals surface area contributed by atoms with E-state index in [0.717, 1.165) is 30.5 Å². The fourth-order valence-electron chi connectivity index (χ4n) is 3.39. The predicted octanol–water partition coefficient (Wildman–Crippen LogP) is 6.17. The third-order valence-electron chi connectivity index (χ3n) is 4.66. The summed E-state index contributed by atoms with van der Waals surface area (Å²) in [6.07, 6.45) is 1.86. The molecule has 1 aliphatic rings. The van der Waals surface area contributed by atoms with Crippen molar-refractivity contribution in [1.82, 2.24) is 4.98 Å². The highest BCUT2D eigenvalue weighted by Gasteiger charge is 2.24. The van der Waals surface area contributed by atoms with Crippen LogP contribution in [0.3, 0.4) is 0 Å². The van der Waals surface area contributed by atoms with Gasteiger partial charge in [0, 0.05) is 22.5 Å². The summed E-state index contributed by atoms with van der Waals surface area (Å²) >= 11 is 0. The molecule has 1 heterocycles. The van der Waals surface area contributed by atoms with Crippen molar-refractivity contribution >= 4 is 17.5 Å². The molecule has 0 aliphatic heterocycles. The molecule has 1 aromatic carbocycles. The van der Waals surface area contributed by atoms with Crippen LogP contribution in [0.15, 0.2) is 30.3 Å². The second-order valence-electron chi connectivity index (χ2n) is 8.30.